The summed E-state index contributed by atoms with van der Waals surface area (Å²) in [6, 6.07) is 5.08. The van der Waals surface area contributed by atoms with E-state index in [1.165, 1.54) is 24.6 Å². The van der Waals surface area contributed by atoms with Crippen LogP contribution in [0.3, 0.4) is 0 Å². The Bertz CT molecular complexity index is 857. The number of anilines is 1. The van der Waals surface area contributed by atoms with Gasteiger partial charge in [0.05, 0.1) is 6.20 Å². The highest BCUT2D eigenvalue weighted by atomic mass is 31.1. The second-order valence-corrected chi connectivity index (χ2v) is 7.15. The first-order valence-electron chi connectivity index (χ1n) is 7.65. The second kappa shape index (κ2) is 5.85. The fourth-order valence-electron chi connectivity index (χ4n) is 2.84. The first kappa shape index (κ1) is 14.5. The van der Waals surface area contributed by atoms with Crippen LogP contribution in [0.1, 0.15) is 5.69 Å². The van der Waals surface area contributed by atoms with Gasteiger partial charge in [0.1, 0.15) is 23.0 Å². The number of pyridine rings is 1. The van der Waals surface area contributed by atoms with E-state index in [0.717, 1.165) is 33.2 Å². The molecule has 0 unspecified atom stereocenters. The summed E-state index contributed by atoms with van der Waals surface area (Å²) in [6.07, 6.45) is 5.56. The molecule has 1 aliphatic rings. The largest absolute Gasteiger partial charge is 0.356 e. The summed E-state index contributed by atoms with van der Waals surface area (Å²) in [5.41, 5.74) is 2.31. The number of halogens is 1. The van der Waals surface area contributed by atoms with Crippen molar-refractivity contribution in [1.82, 2.24) is 19.4 Å². The summed E-state index contributed by atoms with van der Waals surface area (Å²) < 4.78 is 15.3. The van der Waals surface area contributed by atoms with Gasteiger partial charge in [0, 0.05) is 31.0 Å². The number of aromatic nitrogens is 4. The number of imidazole rings is 1. The highest BCUT2D eigenvalue weighted by Crippen LogP contribution is 2.24. The van der Waals surface area contributed by atoms with Gasteiger partial charge in [-0.05, 0) is 31.4 Å². The summed E-state index contributed by atoms with van der Waals surface area (Å²) in [6.45, 7) is 4.04. The lowest BCUT2D eigenvalue weighted by Gasteiger charge is -2.28. The van der Waals surface area contributed by atoms with Gasteiger partial charge >= 0.3 is 0 Å². The second-order valence-electron chi connectivity index (χ2n) is 5.65. The Morgan fingerprint density at radius 2 is 2.00 bits per heavy atom. The predicted octanol–water partition coefficient (Wildman–Crippen LogP) is 2.74. The molecule has 0 atom stereocenters. The Kier molecular flexibility index (Phi) is 3.69. The topological polar surface area (TPSA) is 46.3 Å². The fourth-order valence-corrected chi connectivity index (χ4v) is 3.95. The van der Waals surface area contributed by atoms with Crippen molar-refractivity contribution in [2.45, 2.75) is 6.92 Å². The van der Waals surface area contributed by atoms with Crippen molar-refractivity contribution in [2.24, 2.45) is 0 Å². The van der Waals surface area contributed by atoms with Crippen LogP contribution >= 0.6 is 8.58 Å². The van der Waals surface area contributed by atoms with Crippen molar-refractivity contribution in [1.29, 1.82) is 0 Å². The maximum absolute atomic E-state index is 13.6. The molecule has 0 spiro atoms. The molecule has 0 aliphatic carbocycles. The summed E-state index contributed by atoms with van der Waals surface area (Å²) in [7, 11) is 1.05. The molecule has 7 heteroatoms. The van der Waals surface area contributed by atoms with E-state index in [2.05, 4.69) is 14.9 Å². The molecule has 1 saturated heterocycles. The van der Waals surface area contributed by atoms with E-state index in [1.807, 2.05) is 13.0 Å². The fraction of sp³-hybridized carbons (Fsp3) is 0.312. The third kappa shape index (κ3) is 2.79. The minimum atomic E-state index is -0.304. The normalized spacial score (nSPS) is 15.3. The SMILES string of the molecule is Cc1cc(N2CCPCC2)nc(-c2cnc3ccc(F)cn23)n1. The molecule has 118 valence electrons. The quantitative estimate of drug-likeness (QED) is 0.678. The molecule has 1 aliphatic heterocycles. The van der Waals surface area contributed by atoms with Crippen molar-refractivity contribution in [3.8, 4) is 11.5 Å². The molecule has 1 fully saturated rings. The molecule has 0 bridgehead atoms. The van der Waals surface area contributed by atoms with Gasteiger partial charge in [-0.1, -0.05) is 0 Å². The van der Waals surface area contributed by atoms with E-state index in [4.69, 9.17) is 4.98 Å². The summed E-state index contributed by atoms with van der Waals surface area (Å²) >= 11 is 0. The molecule has 4 rings (SSSR count). The number of aryl methyl sites for hydroxylation is 1. The van der Waals surface area contributed by atoms with E-state index in [1.54, 1.807) is 16.7 Å². The number of fused-ring (bicyclic) bond motifs is 1. The van der Waals surface area contributed by atoms with Gasteiger partial charge in [-0.25, -0.2) is 19.3 Å². The Morgan fingerprint density at radius 1 is 1.17 bits per heavy atom. The van der Waals surface area contributed by atoms with E-state index in [-0.39, 0.29) is 5.82 Å². The van der Waals surface area contributed by atoms with Crippen molar-refractivity contribution in [3.05, 3.63) is 42.1 Å². The first-order chi connectivity index (χ1) is 11.2. The Hall–Kier alpha value is -2.07. The molecule has 0 saturated carbocycles. The molecule has 4 heterocycles. The molecule has 0 N–H and O–H groups in total. The van der Waals surface area contributed by atoms with E-state index in [0.29, 0.717) is 17.2 Å². The average molecular weight is 329 g/mol. The van der Waals surface area contributed by atoms with Crippen LogP contribution in [0.4, 0.5) is 10.2 Å². The molecule has 0 radical (unpaired) electrons. The minimum absolute atomic E-state index is 0.304. The van der Waals surface area contributed by atoms with Crippen LogP contribution < -0.4 is 4.90 Å². The van der Waals surface area contributed by atoms with Gasteiger partial charge in [-0.2, -0.15) is 0 Å². The van der Waals surface area contributed by atoms with Crippen LogP contribution in [0.25, 0.3) is 17.2 Å². The molecule has 23 heavy (non-hydrogen) atoms. The maximum Gasteiger partial charge on any atom is 0.180 e. The van der Waals surface area contributed by atoms with Gasteiger partial charge in [0.2, 0.25) is 0 Å². The Morgan fingerprint density at radius 3 is 2.83 bits per heavy atom. The van der Waals surface area contributed by atoms with Gasteiger partial charge in [-0.3, -0.25) is 4.40 Å². The molecular formula is C16H17FN5P. The van der Waals surface area contributed by atoms with Crippen molar-refractivity contribution in [3.63, 3.8) is 0 Å². The molecular weight excluding hydrogens is 312 g/mol. The predicted molar refractivity (Wildman–Crippen MR) is 91.2 cm³/mol. The first-order valence-corrected chi connectivity index (χ1v) is 9.06. The summed E-state index contributed by atoms with van der Waals surface area (Å²) in [4.78, 5) is 15.9. The van der Waals surface area contributed by atoms with Crippen molar-refractivity contribution < 1.29 is 4.39 Å². The number of hydrogen-bond donors (Lipinski definition) is 0. The molecule has 5 nitrogen and oxygen atoms in total. The Balaban J connectivity index is 1.81. The number of hydrogen-bond acceptors (Lipinski definition) is 4. The lowest BCUT2D eigenvalue weighted by molar-refractivity contribution is 0.619. The highest BCUT2D eigenvalue weighted by molar-refractivity contribution is 7.38. The zero-order valence-electron chi connectivity index (χ0n) is 12.8. The maximum atomic E-state index is 13.6. The van der Waals surface area contributed by atoms with E-state index < -0.39 is 0 Å². The van der Waals surface area contributed by atoms with Crippen LogP contribution in [-0.4, -0.2) is 44.8 Å². The standard InChI is InChI=1S/C16H17FN5P/c1-11-8-15(21-4-6-23-7-5-21)20-16(19-11)13-9-18-14-3-2-12(17)10-22(13)14/h2-3,8-10,23H,4-7H2,1H3. The molecule has 0 amide bonds. The molecule has 3 aromatic heterocycles. The zero-order chi connectivity index (χ0) is 15.8. The van der Waals surface area contributed by atoms with Crippen LogP contribution in [0.15, 0.2) is 30.6 Å². The summed E-state index contributed by atoms with van der Waals surface area (Å²) in [5, 5.41) is 0. The smallest absolute Gasteiger partial charge is 0.180 e. The van der Waals surface area contributed by atoms with E-state index >= 15 is 0 Å². The third-order valence-electron chi connectivity index (χ3n) is 3.98. The lowest BCUT2D eigenvalue weighted by atomic mass is 10.3. The monoisotopic (exact) mass is 329 g/mol. The van der Waals surface area contributed by atoms with E-state index in [9.17, 15) is 4.39 Å². The minimum Gasteiger partial charge on any atom is -0.356 e. The Labute approximate surface area is 135 Å². The van der Waals surface area contributed by atoms with Crippen molar-refractivity contribution >= 4 is 20.0 Å². The van der Waals surface area contributed by atoms with Gasteiger partial charge in [-0.15, -0.1) is 8.58 Å². The zero-order valence-corrected chi connectivity index (χ0v) is 13.8. The number of nitrogens with zero attached hydrogens (tertiary/aromatic N) is 5. The van der Waals surface area contributed by atoms with Gasteiger partial charge < -0.3 is 4.90 Å². The average Bonchev–Trinajstić information content (AvgIpc) is 2.98. The van der Waals surface area contributed by atoms with Crippen LogP contribution in [0, 0.1) is 12.7 Å². The molecule has 0 aromatic carbocycles. The highest BCUT2D eigenvalue weighted by Gasteiger charge is 2.16. The molecule has 3 aromatic rings. The van der Waals surface area contributed by atoms with Gasteiger partial charge in [0.15, 0.2) is 5.82 Å². The van der Waals surface area contributed by atoms with Gasteiger partial charge in [0.25, 0.3) is 0 Å². The van der Waals surface area contributed by atoms with Crippen LogP contribution in [-0.2, 0) is 0 Å². The third-order valence-corrected chi connectivity index (χ3v) is 5.13. The van der Waals surface area contributed by atoms with Crippen molar-refractivity contribution in [2.75, 3.05) is 30.3 Å². The van der Waals surface area contributed by atoms with Crippen LogP contribution in [0.5, 0.6) is 0 Å². The lowest BCUT2D eigenvalue weighted by Crippen LogP contribution is -2.32. The van der Waals surface area contributed by atoms with Crippen LogP contribution in [0.2, 0.25) is 0 Å². The number of rotatable bonds is 2. The summed E-state index contributed by atoms with van der Waals surface area (Å²) in [5.74, 6) is 1.23.